The van der Waals surface area contributed by atoms with Gasteiger partial charge in [-0.1, -0.05) is 13.0 Å². The first kappa shape index (κ1) is 12.3. The van der Waals surface area contributed by atoms with Gasteiger partial charge in [-0.15, -0.1) is 0 Å². The molecule has 2 rings (SSSR count). The number of carbonyl (C=O) groups excluding carboxylic acids is 2. The highest BCUT2D eigenvalue weighted by Gasteiger charge is 2.38. The first-order valence-electron chi connectivity index (χ1n) is 6.64. The highest BCUT2D eigenvalue weighted by atomic mass is 16.2. The molecule has 0 N–H and O–H groups in total. The second-order valence-corrected chi connectivity index (χ2v) is 5.38. The lowest BCUT2D eigenvalue weighted by atomic mass is 9.81. The zero-order valence-electron chi connectivity index (χ0n) is 10.5. The number of amides is 1. The number of hydrogen-bond donors (Lipinski definition) is 0. The zero-order chi connectivity index (χ0) is 12.3. The Morgan fingerprint density at radius 2 is 2.24 bits per heavy atom. The summed E-state index contributed by atoms with van der Waals surface area (Å²) in [6.07, 6.45) is 10.2. The zero-order valence-corrected chi connectivity index (χ0v) is 10.5. The number of rotatable bonds is 3. The first-order valence-corrected chi connectivity index (χ1v) is 6.64. The molecule has 17 heavy (non-hydrogen) atoms. The van der Waals surface area contributed by atoms with Crippen molar-refractivity contribution >= 4 is 12.2 Å². The average molecular weight is 235 g/mol. The van der Waals surface area contributed by atoms with Crippen LogP contribution in [0.3, 0.4) is 0 Å². The van der Waals surface area contributed by atoms with Gasteiger partial charge >= 0.3 is 0 Å². The molecule has 1 unspecified atom stereocenters. The van der Waals surface area contributed by atoms with Crippen molar-refractivity contribution in [1.29, 1.82) is 0 Å². The van der Waals surface area contributed by atoms with E-state index in [2.05, 4.69) is 11.8 Å². The Kier molecular flexibility index (Phi) is 3.97. The number of fused-ring (bicyclic) bond motifs is 1. The Bertz CT molecular complexity index is 324. The van der Waals surface area contributed by atoms with Crippen molar-refractivity contribution < 1.29 is 9.59 Å². The van der Waals surface area contributed by atoms with Crippen molar-refractivity contribution in [2.45, 2.75) is 57.5 Å². The summed E-state index contributed by atoms with van der Waals surface area (Å²) in [5.41, 5.74) is 0. The minimum absolute atomic E-state index is 0.313. The van der Waals surface area contributed by atoms with Gasteiger partial charge in [-0.3, -0.25) is 9.59 Å². The Balaban J connectivity index is 2.07. The summed E-state index contributed by atoms with van der Waals surface area (Å²) in [6.45, 7) is 2.27. The lowest BCUT2D eigenvalue weighted by Gasteiger charge is -2.47. The normalized spacial score (nSPS) is 33.8. The molecule has 94 valence electrons. The van der Waals surface area contributed by atoms with Crippen molar-refractivity contribution in [2.75, 3.05) is 0 Å². The summed E-state index contributed by atoms with van der Waals surface area (Å²) < 4.78 is 0. The SMILES string of the molecule is C[C@H]1CC2CCCC(=O)N2[C@H](C/C=C/C=O)C1. The molecule has 0 saturated carbocycles. The maximum absolute atomic E-state index is 12.0. The highest BCUT2D eigenvalue weighted by molar-refractivity contribution is 5.77. The highest BCUT2D eigenvalue weighted by Crippen LogP contribution is 2.35. The molecule has 2 aliphatic rings. The van der Waals surface area contributed by atoms with E-state index in [1.807, 2.05) is 6.08 Å². The van der Waals surface area contributed by atoms with Gasteiger partial charge in [-0.05, 0) is 44.1 Å². The molecule has 3 nitrogen and oxygen atoms in total. The van der Waals surface area contributed by atoms with Crippen molar-refractivity contribution in [2.24, 2.45) is 5.92 Å². The van der Waals surface area contributed by atoms with Crippen LogP contribution in [0.25, 0.3) is 0 Å². The van der Waals surface area contributed by atoms with Crippen LogP contribution in [-0.2, 0) is 9.59 Å². The van der Waals surface area contributed by atoms with Crippen LogP contribution in [0, 0.1) is 5.92 Å². The van der Waals surface area contributed by atoms with Crippen LogP contribution < -0.4 is 0 Å². The van der Waals surface area contributed by atoms with E-state index in [4.69, 9.17) is 0 Å². The van der Waals surface area contributed by atoms with Crippen LogP contribution in [0.15, 0.2) is 12.2 Å². The molecule has 0 aromatic rings. The lowest BCUT2D eigenvalue weighted by Crippen LogP contribution is -2.53. The number of piperidine rings is 2. The quantitative estimate of drug-likeness (QED) is 0.556. The Hall–Kier alpha value is -1.12. The molecule has 0 aliphatic carbocycles. The molecule has 3 atom stereocenters. The molecule has 2 saturated heterocycles. The van der Waals surface area contributed by atoms with E-state index in [0.29, 0.717) is 30.3 Å². The molecule has 2 fully saturated rings. The summed E-state index contributed by atoms with van der Waals surface area (Å²) in [7, 11) is 0. The van der Waals surface area contributed by atoms with Gasteiger partial charge in [0.05, 0.1) is 0 Å². The number of allylic oxidation sites excluding steroid dienone is 1. The monoisotopic (exact) mass is 235 g/mol. The molecular formula is C14H21NO2. The molecular weight excluding hydrogens is 214 g/mol. The van der Waals surface area contributed by atoms with Crippen LogP contribution in [0.5, 0.6) is 0 Å². The van der Waals surface area contributed by atoms with E-state index in [-0.39, 0.29) is 0 Å². The van der Waals surface area contributed by atoms with Crippen LogP contribution in [0.1, 0.15) is 45.4 Å². The summed E-state index contributed by atoms with van der Waals surface area (Å²) in [5.74, 6) is 1.01. The van der Waals surface area contributed by atoms with E-state index in [9.17, 15) is 9.59 Å². The van der Waals surface area contributed by atoms with E-state index >= 15 is 0 Å². The first-order chi connectivity index (χ1) is 8.22. The van der Waals surface area contributed by atoms with E-state index in [1.165, 1.54) is 0 Å². The molecule has 0 bridgehead atoms. The maximum Gasteiger partial charge on any atom is 0.223 e. The van der Waals surface area contributed by atoms with Crippen molar-refractivity contribution in [3.63, 3.8) is 0 Å². The Morgan fingerprint density at radius 1 is 1.41 bits per heavy atom. The van der Waals surface area contributed by atoms with Crippen molar-refractivity contribution in [3.8, 4) is 0 Å². The van der Waals surface area contributed by atoms with Gasteiger partial charge in [-0.2, -0.15) is 0 Å². The molecule has 0 spiro atoms. The summed E-state index contributed by atoms with van der Waals surface area (Å²) in [6, 6.07) is 0.766. The van der Waals surface area contributed by atoms with E-state index in [0.717, 1.165) is 38.4 Å². The van der Waals surface area contributed by atoms with Gasteiger partial charge < -0.3 is 4.90 Å². The van der Waals surface area contributed by atoms with Crippen molar-refractivity contribution in [1.82, 2.24) is 4.90 Å². The standard InChI is InChI=1S/C14H21NO2/c1-11-9-12(5-2-3-8-16)15-13(10-11)6-4-7-14(15)17/h2-3,8,11-13H,4-7,9-10H2,1H3/b3-2+/t11-,12-,13?/m1/s1. The molecule has 2 heterocycles. The smallest absolute Gasteiger partial charge is 0.223 e. The van der Waals surface area contributed by atoms with Gasteiger partial charge in [0.15, 0.2) is 0 Å². The van der Waals surface area contributed by atoms with Crippen LogP contribution in [-0.4, -0.2) is 29.2 Å². The number of hydrogen-bond acceptors (Lipinski definition) is 2. The number of carbonyl (C=O) groups is 2. The predicted octanol–water partition coefficient (Wildman–Crippen LogP) is 2.31. The number of aldehydes is 1. The minimum Gasteiger partial charge on any atom is -0.336 e. The Labute approximate surface area is 103 Å². The fourth-order valence-corrected chi connectivity index (χ4v) is 3.33. The second-order valence-electron chi connectivity index (χ2n) is 5.38. The predicted molar refractivity (Wildman–Crippen MR) is 66.5 cm³/mol. The summed E-state index contributed by atoms with van der Waals surface area (Å²) in [4.78, 5) is 24.4. The summed E-state index contributed by atoms with van der Waals surface area (Å²) in [5, 5.41) is 0. The van der Waals surface area contributed by atoms with Gasteiger partial charge in [0.25, 0.3) is 0 Å². The summed E-state index contributed by atoms with van der Waals surface area (Å²) >= 11 is 0. The van der Waals surface area contributed by atoms with Crippen LogP contribution in [0.2, 0.25) is 0 Å². The molecule has 0 radical (unpaired) electrons. The molecule has 1 amide bonds. The minimum atomic E-state index is 0.313. The maximum atomic E-state index is 12.0. The topological polar surface area (TPSA) is 37.4 Å². The average Bonchev–Trinajstić information content (AvgIpc) is 2.28. The second kappa shape index (κ2) is 5.48. The van der Waals surface area contributed by atoms with Gasteiger partial charge in [0, 0.05) is 18.5 Å². The molecule has 3 heteroatoms. The van der Waals surface area contributed by atoms with Gasteiger partial charge in [0.2, 0.25) is 5.91 Å². The van der Waals surface area contributed by atoms with Crippen LogP contribution >= 0.6 is 0 Å². The molecule has 2 aliphatic heterocycles. The fourth-order valence-electron chi connectivity index (χ4n) is 3.33. The van der Waals surface area contributed by atoms with Crippen LogP contribution in [0.4, 0.5) is 0 Å². The van der Waals surface area contributed by atoms with Gasteiger partial charge in [0.1, 0.15) is 6.29 Å². The van der Waals surface area contributed by atoms with Crippen molar-refractivity contribution in [3.05, 3.63) is 12.2 Å². The lowest BCUT2D eigenvalue weighted by molar-refractivity contribution is -0.142. The van der Waals surface area contributed by atoms with E-state index in [1.54, 1.807) is 6.08 Å². The van der Waals surface area contributed by atoms with E-state index < -0.39 is 0 Å². The third kappa shape index (κ3) is 2.76. The third-order valence-electron chi connectivity index (χ3n) is 3.97. The Morgan fingerprint density at radius 3 is 3.00 bits per heavy atom. The largest absolute Gasteiger partial charge is 0.336 e. The van der Waals surface area contributed by atoms with Gasteiger partial charge in [-0.25, -0.2) is 0 Å². The number of nitrogens with zero attached hydrogens (tertiary/aromatic N) is 1. The molecule has 0 aromatic carbocycles. The third-order valence-corrected chi connectivity index (χ3v) is 3.97. The fraction of sp³-hybridized carbons (Fsp3) is 0.714. The molecule has 0 aromatic heterocycles.